The monoisotopic (exact) mass is 491 g/mol. The zero-order valence-electron chi connectivity index (χ0n) is 18.2. The van der Waals surface area contributed by atoms with E-state index in [9.17, 15) is 26.4 Å². The molecule has 0 aromatic heterocycles. The fourth-order valence-electron chi connectivity index (χ4n) is 4.70. The molecule has 184 valence electrons. The van der Waals surface area contributed by atoms with Crippen molar-refractivity contribution in [2.24, 2.45) is 0 Å². The molecule has 3 saturated heterocycles. The third kappa shape index (κ3) is 4.90. The summed E-state index contributed by atoms with van der Waals surface area (Å²) < 4.78 is 79.2. The number of morpholine rings is 1. The Morgan fingerprint density at radius 2 is 1.45 bits per heavy atom. The van der Waals surface area contributed by atoms with Crippen LogP contribution in [0.2, 0.25) is 0 Å². The second-order valence-electron chi connectivity index (χ2n) is 8.48. The van der Waals surface area contributed by atoms with E-state index < -0.39 is 27.4 Å². The Balaban J connectivity index is 1.52. The number of carbonyl (C=O) groups excluding carboxylic acids is 1. The highest BCUT2D eigenvalue weighted by Gasteiger charge is 2.46. The van der Waals surface area contributed by atoms with Crippen molar-refractivity contribution in [1.29, 1.82) is 0 Å². The van der Waals surface area contributed by atoms with Gasteiger partial charge in [0, 0.05) is 52.5 Å². The fraction of sp³-hybridized carbons (Fsp3) is 0.667. The standard InChI is InChI=1S/C21H28F3N3O5S/c22-21(23,24)18-3-1-2-17(16-18)20(4-12-31-13-5-20)19(28)25-6-8-26(9-7-25)33(29,30)27-10-14-32-15-11-27/h1-3,16H,4-15H2. The van der Waals surface area contributed by atoms with Crippen molar-refractivity contribution in [3.8, 4) is 0 Å². The van der Waals surface area contributed by atoms with Gasteiger partial charge in [-0.05, 0) is 24.5 Å². The third-order valence-electron chi connectivity index (χ3n) is 6.65. The Morgan fingerprint density at radius 1 is 0.879 bits per heavy atom. The second-order valence-corrected chi connectivity index (χ2v) is 10.4. The highest BCUT2D eigenvalue weighted by Crippen LogP contribution is 2.40. The molecule has 0 atom stereocenters. The number of benzene rings is 1. The lowest BCUT2D eigenvalue weighted by Crippen LogP contribution is -2.59. The average molecular weight is 492 g/mol. The summed E-state index contributed by atoms with van der Waals surface area (Å²) in [6.07, 6.45) is -3.95. The van der Waals surface area contributed by atoms with Crippen molar-refractivity contribution >= 4 is 16.1 Å². The number of piperazine rings is 1. The maximum atomic E-state index is 13.7. The number of nitrogens with zero attached hydrogens (tertiary/aromatic N) is 3. The molecular formula is C21H28F3N3O5S. The molecule has 0 saturated carbocycles. The van der Waals surface area contributed by atoms with Crippen LogP contribution in [-0.2, 0) is 36.1 Å². The third-order valence-corrected chi connectivity index (χ3v) is 8.68. The first kappa shape index (κ1) is 24.4. The van der Waals surface area contributed by atoms with Crippen molar-refractivity contribution in [2.45, 2.75) is 24.4 Å². The predicted molar refractivity (Wildman–Crippen MR) is 113 cm³/mol. The highest BCUT2D eigenvalue weighted by molar-refractivity contribution is 7.86. The van der Waals surface area contributed by atoms with Crippen LogP contribution >= 0.6 is 0 Å². The molecule has 3 heterocycles. The Bertz CT molecular complexity index is 952. The SMILES string of the molecule is O=C(N1CCN(S(=O)(=O)N2CCOCC2)CC1)C1(c2cccc(C(F)(F)F)c2)CCOCC1. The molecule has 12 heteroatoms. The van der Waals surface area contributed by atoms with E-state index in [4.69, 9.17) is 9.47 Å². The molecule has 0 bridgehead atoms. The Labute approximate surface area is 191 Å². The van der Waals surface area contributed by atoms with E-state index >= 15 is 0 Å². The van der Waals surface area contributed by atoms with Crippen molar-refractivity contribution in [1.82, 2.24) is 13.5 Å². The van der Waals surface area contributed by atoms with Gasteiger partial charge in [0.2, 0.25) is 5.91 Å². The summed E-state index contributed by atoms with van der Waals surface area (Å²) in [4.78, 5) is 15.3. The molecule has 33 heavy (non-hydrogen) atoms. The first-order valence-electron chi connectivity index (χ1n) is 11.0. The Kier molecular flexibility index (Phi) is 7.02. The smallest absolute Gasteiger partial charge is 0.381 e. The lowest BCUT2D eigenvalue weighted by molar-refractivity contribution is -0.143. The van der Waals surface area contributed by atoms with E-state index in [2.05, 4.69) is 0 Å². The molecule has 4 rings (SSSR count). The molecule has 3 aliphatic heterocycles. The van der Waals surface area contributed by atoms with Gasteiger partial charge in [0.05, 0.1) is 24.2 Å². The number of carbonyl (C=O) groups is 1. The lowest BCUT2D eigenvalue weighted by Gasteiger charge is -2.43. The maximum Gasteiger partial charge on any atom is 0.416 e. The summed E-state index contributed by atoms with van der Waals surface area (Å²) in [5, 5.41) is 0. The molecule has 0 spiro atoms. The van der Waals surface area contributed by atoms with Crippen LogP contribution < -0.4 is 0 Å². The molecule has 0 N–H and O–H groups in total. The minimum absolute atomic E-state index is 0.139. The Hall–Kier alpha value is -1.73. The van der Waals surface area contributed by atoms with Crippen molar-refractivity contribution in [3.05, 3.63) is 35.4 Å². The van der Waals surface area contributed by atoms with Crippen molar-refractivity contribution < 1.29 is 35.9 Å². The molecule has 8 nitrogen and oxygen atoms in total. The minimum atomic E-state index is -4.51. The van der Waals surface area contributed by atoms with Gasteiger partial charge in [0.15, 0.2) is 0 Å². The number of halogens is 3. The van der Waals surface area contributed by atoms with Gasteiger partial charge in [-0.25, -0.2) is 0 Å². The second kappa shape index (κ2) is 9.49. The molecule has 1 aromatic carbocycles. The van der Waals surface area contributed by atoms with Gasteiger partial charge in [0.1, 0.15) is 0 Å². The molecule has 0 aliphatic carbocycles. The van der Waals surface area contributed by atoms with E-state index in [1.807, 2.05) is 0 Å². The van der Waals surface area contributed by atoms with Crippen LogP contribution in [0.25, 0.3) is 0 Å². The molecule has 3 fully saturated rings. The van der Waals surface area contributed by atoms with Crippen LogP contribution in [0.4, 0.5) is 13.2 Å². The van der Waals surface area contributed by atoms with Gasteiger partial charge < -0.3 is 14.4 Å². The summed E-state index contributed by atoms with van der Waals surface area (Å²) >= 11 is 0. The van der Waals surface area contributed by atoms with Gasteiger partial charge in [-0.1, -0.05) is 18.2 Å². The number of hydrogen-bond donors (Lipinski definition) is 0. The maximum absolute atomic E-state index is 13.7. The summed E-state index contributed by atoms with van der Waals surface area (Å²) in [6, 6.07) is 4.95. The molecule has 0 radical (unpaired) electrons. The summed E-state index contributed by atoms with van der Waals surface area (Å²) in [7, 11) is -3.64. The van der Waals surface area contributed by atoms with E-state index in [1.165, 1.54) is 14.7 Å². The number of ether oxygens (including phenoxy) is 2. The van der Waals surface area contributed by atoms with Gasteiger partial charge in [-0.2, -0.15) is 30.2 Å². The number of amides is 1. The highest BCUT2D eigenvalue weighted by atomic mass is 32.2. The van der Waals surface area contributed by atoms with Crippen molar-refractivity contribution in [2.75, 3.05) is 65.7 Å². The van der Waals surface area contributed by atoms with E-state index in [0.717, 1.165) is 12.1 Å². The van der Waals surface area contributed by atoms with Crippen LogP contribution in [0, 0.1) is 0 Å². The zero-order chi connectivity index (χ0) is 23.7. The van der Waals surface area contributed by atoms with Crippen LogP contribution in [0.15, 0.2) is 24.3 Å². The average Bonchev–Trinajstić information content (AvgIpc) is 2.84. The van der Waals surface area contributed by atoms with Gasteiger partial charge >= 0.3 is 6.18 Å². The van der Waals surface area contributed by atoms with E-state index in [-0.39, 0.29) is 58.1 Å². The van der Waals surface area contributed by atoms with E-state index in [1.54, 1.807) is 11.0 Å². The molecule has 1 amide bonds. The molecule has 1 aromatic rings. The quantitative estimate of drug-likeness (QED) is 0.638. The van der Waals surface area contributed by atoms with E-state index in [0.29, 0.717) is 31.9 Å². The molecule has 3 aliphatic rings. The Morgan fingerprint density at radius 3 is 2.06 bits per heavy atom. The molecule has 0 unspecified atom stereocenters. The normalized spacial score (nSPS) is 23.4. The van der Waals surface area contributed by atoms with Crippen LogP contribution in [0.3, 0.4) is 0 Å². The van der Waals surface area contributed by atoms with Gasteiger partial charge in [-0.15, -0.1) is 0 Å². The summed E-state index contributed by atoms with van der Waals surface area (Å²) in [6.45, 7) is 2.47. The minimum Gasteiger partial charge on any atom is -0.381 e. The summed E-state index contributed by atoms with van der Waals surface area (Å²) in [5.74, 6) is -0.270. The van der Waals surface area contributed by atoms with Crippen molar-refractivity contribution in [3.63, 3.8) is 0 Å². The zero-order valence-corrected chi connectivity index (χ0v) is 19.0. The van der Waals surface area contributed by atoms with Crippen LogP contribution in [0.5, 0.6) is 0 Å². The first-order chi connectivity index (χ1) is 15.6. The van der Waals surface area contributed by atoms with Gasteiger partial charge in [0.25, 0.3) is 10.2 Å². The number of hydrogen-bond acceptors (Lipinski definition) is 5. The predicted octanol–water partition coefficient (Wildman–Crippen LogP) is 1.47. The van der Waals surface area contributed by atoms with Crippen LogP contribution in [-0.4, -0.2) is 93.5 Å². The fourth-order valence-corrected chi connectivity index (χ4v) is 6.27. The number of rotatable bonds is 4. The molecular weight excluding hydrogens is 463 g/mol. The lowest BCUT2D eigenvalue weighted by atomic mass is 9.72. The first-order valence-corrected chi connectivity index (χ1v) is 12.4. The van der Waals surface area contributed by atoms with Gasteiger partial charge in [-0.3, -0.25) is 4.79 Å². The number of alkyl halides is 3. The van der Waals surface area contributed by atoms with Crippen LogP contribution in [0.1, 0.15) is 24.0 Å². The largest absolute Gasteiger partial charge is 0.416 e. The summed E-state index contributed by atoms with van der Waals surface area (Å²) in [5.41, 5.74) is -1.58. The topological polar surface area (TPSA) is 79.4 Å².